The Morgan fingerprint density at radius 2 is 2.24 bits per heavy atom. The monoisotopic (exact) mass is 256 g/mol. The van der Waals surface area contributed by atoms with E-state index < -0.39 is 0 Å². The Morgan fingerprint density at radius 3 is 2.82 bits per heavy atom. The van der Waals surface area contributed by atoms with Crippen molar-refractivity contribution < 1.29 is 4.74 Å². The minimum Gasteiger partial charge on any atom is -0.385 e. The molecule has 1 rings (SSSR count). The maximum Gasteiger partial charge on any atom is 0.0474 e. The van der Waals surface area contributed by atoms with Crippen molar-refractivity contribution in [3.8, 4) is 0 Å². The fourth-order valence-electron chi connectivity index (χ4n) is 1.90. The molecule has 1 aromatic carbocycles. The van der Waals surface area contributed by atoms with Crippen molar-refractivity contribution in [3.05, 3.63) is 34.9 Å². The lowest BCUT2D eigenvalue weighted by molar-refractivity contribution is 0.166. The van der Waals surface area contributed by atoms with Gasteiger partial charge in [0.1, 0.15) is 0 Å². The molecule has 1 aromatic rings. The molecule has 0 saturated heterocycles. The predicted molar refractivity (Wildman–Crippen MR) is 72.4 cm³/mol. The Labute approximate surface area is 109 Å². The van der Waals surface area contributed by atoms with Crippen LogP contribution in [0.5, 0.6) is 0 Å². The number of hydrogen-bond acceptors (Lipinski definition) is 3. The van der Waals surface area contributed by atoms with E-state index in [0.29, 0.717) is 6.54 Å². The van der Waals surface area contributed by atoms with Crippen LogP contribution in [-0.2, 0) is 4.74 Å². The number of methoxy groups -OCH3 is 1. The van der Waals surface area contributed by atoms with Gasteiger partial charge in [0, 0.05) is 37.9 Å². The van der Waals surface area contributed by atoms with Crippen LogP contribution in [0.3, 0.4) is 0 Å². The quantitative estimate of drug-likeness (QED) is 0.761. The van der Waals surface area contributed by atoms with E-state index in [1.54, 1.807) is 7.11 Å². The molecule has 0 amide bonds. The summed E-state index contributed by atoms with van der Waals surface area (Å²) in [5, 5.41) is 0.756. The molecule has 0 fully saturated rings. The molecule has 0 heterocycles. The summed E-state index contributed by atoms with van der Waals surface area (Å²) in [5.41, 5.74) is 7.01. The summed E-state index contributed by atoms with van der Waals surface area (Å²) in [6.45, 7) is 2.32. The Bertz CT molecular complexity index is 333. The van der Waals surface area contributed by atoms with E-state index in [2.05, 4.69) is 18.0 Å². The Morgan fingerprint density at radius 1 is 1.47 bits per heavy atom. The van der Waals surface area contributed by atoms with Crippen molar-refractivity contribution in [2.75, 3.05) is 33.9 Å². The Kier molecular flexibility index (Phi) is 6.52. The van der Waals surface area contributed by atoms with E-state index in [9.17, 15) is 0 Å². The van der Waals surface area contributed by atoms with Crippen molar-refractivity contribution in [2.24, 2.45) is 5.73 Å². The van der Waals surface area contributed by atoms with Crippen molar-refractivity contribution in [1.29, 1.82) is 0 Å². The van der Waals surface area contributed by atoms with Crippen LogP contribution in [0.4, 0.5) is 0 Å². The molecule has 0 saturated carbocycles. The molecular formula is C13H21ClN2O. The standard InChI is InChI=1S/C13H21ClN2O/c1-16(7-4-8-17-2)13(10-15)11-5-3-6-12(14)9-11/h3,5-6,9,13H,4,7-8,10,15H2,1-2H3. The third-order valence-corrected chi connectivity index (χ3v) is 3.08. The highest BCUT2D eigenvalue weighted by molar-refractivity contribution is 6.30. The lowest BCUT2D eigenvalue weighted by Gasteiger charge is -2.27. The zero-order valence-corrected chi connectivity index (χ0v) is 11.3. The molecule has 0 spiro atoms. The summed E-state index contributed by atoms with van der Waals surface area (Å²) in [7, 11) is 3.80. The van der Waals surface area contributed by atoms with E-state index in [-0.39, 0.29) is 6.04 Å². The summed E-state index contributed by atoms with van der Waals surface area (Å²) in [6.07, 6.45) is 1.00. The number of rotatable bonds is 7. The molecular weight excluding hydrogens is 236 g/mol. The molecule has 0 aliphatic rings. The number of ether oxygens (including phenoxy) is 1. The van der Waals surface area contributed by atoms with Crippen molar-refractivity contribution in [3.63, 3.8) is 0 Å². The molecule has 0 bridgehead atoms. The van der Waals surface area contributed by atoms with Gasteiger partial charge in [0.15, 0.2) is 0 Å². The van der Waals surface area contributed by atoms with Crippen molar-refractivity contribution in [2.45, 2.75) is 12.5 Å². The van der Waals surface area contributed by atoms with Crippen LogP contribution in [-0.4, -0.2) is 38.8 Å². The predicted octanol–water partition coefficient (Wildman–Crippen LogP) is 2.31. The number of benzene rings is 1. The van der Waals surface area contributed by atoms with Crippen LogP contribution in [0.1, 0.15) is 18.0 Å². The summed E-state index contributed by atoms with van der Waals surface area (Å²) in [6, 6.07) is 8.10. The van der Waals surface area contributed by atoms with Gasteiger partial charge in [-0.15, -0.1) is 0 Å². The number of halogens is 1. The van der Waals surface area contributed by atoms with Crippen LogP contribution >= 0.6 is 11.6 Å². The summed E-state index contributed by atoms with van der Waals surface area (Å²) >= 11 is 6.00. The highest BCUT2D eigenvalue weighted by atomic mass is 35.5. The molecule has 0 radical (unpaired) electrons. The second kappa shape index (κ2) is 7.67. The third-order valence-electron chi connectivity index (χ3n) is 2.85. The number of nitrogens with two attached hydrogens (primary N) is 1. The molecule has 4 heteroatoms. The van der Waals surface area contributed by atoms with Gasteiger partial charge in [-0.1, -0.05) is 23.7 Å². The van der Waals surface area contributed by atoms with Crippen LogP contribution in [0, 0.1) is 0 Å². The van der Waals surface area contributed by atoms with E-state index in [4.69, 9.17) is 22.1 Å². The van der Waals surface area contributed by atoms with Gasteiger partial charge < -0.3 is 10.5 Å². The van der Waals surface area contributed by atoms with Crippen LogP contribution in [0.15, 0.2) is 24.3 Å². The fraction of sp³-hybridized carbons (Fsp3) is 0.538. The summed E-state index contributed by atoms with van der Waals surface area (Å²) < 4.78 is 5.05. The van der Waals surface area contributed by atoms with Gasteiger partial charge >= 0.3 is 0 Å². The lowest BCUT2D eigenvalue weighted by atomic mass is 10.1. The average molecular weight is 257 g/mol. The molecule has 0 aromatic heterocycles. The van der Waals surface area contributed by atoms with E-state index in [1.807, 2.05) is 18.2 Å². The summed E-state index contributed by atoms with van der Waals surface area (Å²) in [5.74, 6) is 0. The second-order valence-electron chi connectivity index (χ2n) is 4.13. The highest BCUT2D eigenvalue weighted by Crippen LogP contribution is 2.21. The SMILES string of the molecule is COCCCN(C)C(CN)c1cccc(Cl)c1. The van der Waals surface area contributed by atoms with Gasteiger partial charge in [-0.25, -0.2) is 0 Å². The van der Waals surface area contributed by atoms with Crippen LogP contribution < -0.4 is 5.73 Å². The molecule has 17 heavy (non-hydrogen) atoms. The van der Waals surface area contributed by atoms with Gasteiger partial charge in [0.05, 0.1) is 0 Å². The van der Waals surface area contributed by atoms with Crippen LogP contribution in [0.25, 0.3) is 0 Å². The van der Waals surface area contributed by atoms with Gasteiger partial charge in [0.2, 0.25) is 0 Å². The van der Waals surface area contributed by atoms with E-state index in [0.717, 1.165) is 24.6 Å². The van der Waals surface area contributed by atoms with Crippen molar-refractivity contribution in [1.82, 2.24) is 4.90 Å². The smallest absolute Gasteiger partial charge is 0.0474 e. The summed E-state index contributed by atoms with van der Waals surface area (Å²) in [4.78, 5) is 2.24. The Hall–Kier alpha value is -0.610. The zero-order valence-electron chi connectivity index (χ0n) is 10.5. The number of hydrogen-bond donors (Lipinski definition) is 1. The minimum absolute atomic E-state index is 0.213. The maximum absolute atomic E-state index is 6.00. The normalized spacial score (nSPS) is 13.0. The van der Waals surface area contributed by atoms with Gasteiger partial charge in [-0.05, 0) is 31.2 Å². The van der Waals surface area contributed by atoms with Crippen molar-refractivity contribution >= 4 is 11.6 Å². The largest absolute Gasteiger partial charge is 0.385 e. The number of nitrogens with zero attached hydrogens (tertiary/aromatic N) is 1. The van der Waals surface area contributed by atoms with Gasteiger partial charge in [0.25, 0.3) is 0 Å². The molecule has 2 N–H and O–H groups in total. The van der Waals surface area contributed by atoms with E-state index in [1.165, 1.54) is 5.56 Å². The molecule has 1 atom stereocenters. The fourth-order valence-corrected chi connectivity index (χ4v) is 2.10. The van der Waals surface area contributed by atoms with Gasteiger partial charge in [-0.2, -0.15) is 0 Å². The lowest BCUT2D eigenvalue weighted by Crippen LogP contribution is -2.31. The highest BCUT2D eigenvalue weighted by Gasteiger charge is 2.15. The first kappa shape index (κ1) is 14.5. The first-order valence-corrected chi connectivity index (χ1v) is 6.21. The molecule has 0 aliphatic carbocycles. The molecule has 3 nitrogen and oxygen atoms in total. The third kappa shape index (κ3) is 4.64. The molecule has 0 aliphatic heterocycles. The van der Waals surface area contributed by atoms with Gasteiger partial charge in [-0.3, -0.25) is 4.90 Å². The van der Waals surface area contributed by atoms with E-state index >= 15 is 0 Å². The minimum atomic E-state index is 0.213. The average Bonchev–Trinajstić information content (AvgIpc) is 2.30. The zero-order chi connectivity index (χ0) is 12.7. The number of likely N-dealkylation sites (N-methyl/N-ethyl adjacent to an activating group) is 1. The van der Waals surface area contributed by atoms with Crippen LogP contribution in [0.2, 0.25) is 5.02 Å². The molecule has 1 unspecified atom stereocenters. The second-order valence-corrected chi connectivity index (χ2v) is 4.57. The Balaban J connectivity index is 2.63. The first-order valence-electron chi connectivity index (χ1n) is 5.83. The topological polar surface area (TPSA) is 38.5 Å². The molecule has 96 valence electrons. The first-order chi connectivity index (χ1) is 8.19. The maximum atomic E-state index is 6.00.